The number of unbranched alkanes of at least 4 members (excludes halogenated alkanes) is 3. The lowest BCUT2D eigenvalue weighted by atomic mass is 10.2. The van der Waals surface area contributed by atoms with Crippen LogP contribution < -0.4 is 5.32 Å². The summed E-state index contributed by atoms with van der Waals surface area (Å²) in [5.41, 5.74) is -0.432. The Morgan fingerprint density at radius 1 is 1.03 bits per heavy atom. The number of carbonyl (C=O) groups excluding carboxylic acids is 1. The molecule has 0 aliphatic carbocycles. The van der Waals surface area contributed by atoms with Crippen LogP contribution in [0.4, 0.5) is 0 Å². The van der Waals surface area contributed by atoms with Gasteiger partial charge in [-0.25, -0.2) is 11.2 Å². The minimum Gasteiger partial charge on any atom is -0.459 e. The Labute approximate surface area is 179 Å². The average molecular weight is 432 g/mol. The van der Waals surface area contributed by atoms with Crippen LogP contribution in [0.15, 0.2) is 0 Å². The van der Waals surface area contributed by atoms with Crippen molar-refractivity contribution in [3.63, 3.8) is 0 Å². The van der Waals surface area contributed by atoms with E-state index in [2.05, 4.69) is 42.5 Å². The molecule has 0 aromatic carbocycles. The molecule has 0 fully saturated rings. The van der Waals surface area contributed by atoms with E-state index < -0.39 is 14.1 Å². The first-order valence-corrected chi connectivity index (χ1v) is 11.8. The van der Waals surface area contributed by atoms with Crippen LogP contribution in [0, 0.1) is 6.57 Å². The van der Waals surface area contributed by atoms with Gasteiger partial charge in [0.15, 0.2) is 0 Å². The minimum atomic E-state index is -1.14. The molecule has 0 rings (SSSR count). The fourth-order valence-electron chi connectivity index (χ4n) is 2.72. The van der Waals surface area contributed by atoms with Crippen molar-refractivity contribution in [2.75, 3.05) is 32.8 Å². The predicted octanol–water partition coefficient (Wildman–Crippen LogP) is 4.78. The van der Waals surface area contributed by atoms with Crippen molar-refractivity contribution in [2.24, 2.45) is 0 Å². The fraction of sp³-hybridized carbons (Fsp3) is 0.905. The molecule has 7 nitrogen and oxygen atoms in total. The summed E-state index contributed by atoms with van der Waals surface area (Å²) in [6, 6.07) is 0.648. The zero-order chi connectivity index (χ0) is 22.3. The number of esters is 1. The quantitative estimate of drug-likeness (QED) is 0.164. The lowest BCUT2D eigenvalue weighted by Gasteiger charge is -2.35. The summed E-state index contributed by atoms with van der Waals surface area (Å²) in [6.07, 6.45) is 4.15. The smallest absolute Gasteiger partial charge is 0.320 e. The van der Waals surface area contributed by atoms with Crippen molar-refractivity contribution < 1.29 is 18.6 Å². The number of ether oxygens (including phenoxy) is 1. The summed E-state index contributed by atoms with van der Waals surface area (Å²) in [5, 5.41) is 3.13. The minimum absolute atomic E-state index is 0.211. The predicted molar refractivity (Wildman–Crippen MR) is 120 cm³/mol. The number of hydrogen-bond acceptors (Lipinski definition) is 6. The third-order valence-electron chi connectivity index (χ3n) is 3.79. The molecule has 0 heterocycles. The largest absolute Gasteiger partial charge is 0.459 e. The van der Waals surface area contributed by atoms with E-state index in [1.807, 2.05) is 20.8 Å². The molecular weight excluding hydrogens is 389 g/mol. The molecular formula is C21H42N3O4P. The maximum absolute atomic E-state index is 11.6. The van der Waals surface area contributed by atoms with Crippen molar-refractivity contribution in [1.82, 2.24) is 9.99 Å². The monoisotopic (exact) mass is 431 g/mol. The first kappa shape index (κ1) is 28.2. The first-order chi connectivity index (χ1) is 13.6. The zero-order valence-electron chi connectivity index (χ0n) is 19.5. The average Bonchev–Trinajstić information content (AvgIpc) is 2.57. The second-order valence-corrected chi connectivity index (χ2v) is 9.98. The number of rotatable bonds is 16. The van der Waals surface area contributed by atoms with Crippen LogP contribution in [0.3, 0.4) is 0 Å². The Morgan fingerprint density at radius 3 is 2.17 bits per heavy atom. The van der Waals surface area contributed by atoms with Crippen molar-refractivity contribution in [1.29, 1.82) is 0 Å². The van der Waals surface area contributed by atoms with E-state index in [0.717, 1.165) is 32.2 Å². The van der Waals surface area contributed by atoms with E-state index in [9.17, 15) is 4.79 Å². The number of nitrogens with zero attached hydrogens (tertiary/aromatic N) is 2. The molecule has 170 valence electrons. The molecule has 0 saturated carbocycles. The Bertz CT molecular complexity index is 468. The van der Waals surface area contributed by atoms with Crippen LogP contribution in [-0.2, 0) is 18.6 Å². The Hall–Kier alpha value is -0.770. The molecule has 0 aliphatic heterocycles. The van der Waals surface area contributed by atoms with Gasteiger partial charge < -0.3 is 23.9 Å². The third kappa shape index (κ3) is 15.7. The molecule has 29 heavy (non-hydrogen) atoms. The summed E-state index contributed by atoms with van der Waals surface area (Å²) < 4.78 is 19.5. The van der Waals surface area contributed by atoms with Crippen LogP contribution in [0.1, 0.15) is 74.1 Å². The molecule has 1 N–H and O–H groups in total. The molecule has 1 atom stereocenters. The summed E-state index contributed by atoms with van der Waals surface area (Å²) in [5.74, 6) is -0.211. The van der Waals surface area contributed by atoms with E-state index >= 15 is 0 Å². The van der Waals surface area contributed by atoms with Gasteiger partial charge in [-0.1, -0.05) is 12.8 Å². The van der Waals surface area contributed by atoms with Crippen molar-refractivity contribution in [3.05, 3.63) is 11.4 Å². The highest BCUT2D eigenvalue weighted by Crippen LogP contribution is 2.45. The molecule has 0 aliphatic rings. The molecule has 0 aromatic heterocycles. The Morgan fingerprint density at radius 2 is 1.62 bits per heavy atom. The van der Waals surface area contributed by atoms with Gasteiger partial charge in [0.1, 0.15) is 12.2 Å². The van der Waals surface area contributed by atoms with Gasteiger partial charge in [0, 0.05) is 12.1 Å². The molecule has 8 heteroatoms. The summed E-state index contributed by atoms with van der Waals surface area (Å²) in [4.78, 5) is 15.0. The third-order valence-corrected chi connectivity index (χ3v) is 5.90. The summed E-state index contributed by atoms with van der Waals surface area (Å²) >= 11 is 0. The van der Waals surface area contributed by atoms with E-state index in [0.29, 0.717) is 31.8 Å². The highest BCUT2D eigenvalue weighted by atomic mass is 31.2. The van der Waals surface area contributed by atoms with E-state index in [4.69, 9.17) is 20.4 Å². The van der Waals surface area contributed by atoms with Crippen LogP contribution in [0.25, 0.3) is 4.85 Å². The molecule has 0 bridgehead atoms. The maximum Gasteiger partial charge on any atom is 0.320 e. The van der Waals surface area contributed by atoms with Crippen LogP contribution >= 0.6 is 8.53 Å². The van der Waals surface area contributed by atoms with Crippen LogP contribution in [0.5, 0.6) is 0 Å². The van der Waals surface area contributed by atoms with Gasteiger partial charge >= 0.3 is 5.97 Å². The van der Waals surface area contributed by atoms with Crippen molar-refractivity contribution in [3.8, 4) is 0 Å². The van der Waals surface area contributed by atoms with Gasteiger partial charge in [0.2, 0.25) is 6.54 Å². The zero-order valence-corrected chi connectivity index (χ0v) is 20.4. The Kier molecular flexibility index (Phi) is 15.6. The van der Waals surface area contributed by atoms with Gasteiger partial charge in [-0.2, -0.15) is 0 Å². The summed E-state index contributed by atoms with van der Waals surface area (Å²) in [7, 11) is -1.14. The standard InChI is InChI=1S/C21H42N3O4P/c1-18(2)24(19(3)4)29(27-16-14-22-8)26-15-12-10-9-11-13-23-17-20(25)28-21(5,6)7/h18-19,23H,9-17H2,1-7H3. The lowest BCUT2D eigenvalue weighted by molar-refractivity contribution is -0.153. The maximum atomic E-state index is 11.6. The lowest BCUT2D eigenvalue weighted by Crippen LogP contribution is -2.33. The number of carbonyl (C=O) groups is 1. The number of hydrogen-bond donors (Lipinski definition) is 1. The molecule has 0 spiro atoms. The highest BCUT2D eigenvalue weighted by molar-refractivity contribution is 7.44. The second kappa shape index (κ2) is 16.0. The molecule has 0 radical (unpaired) electrons. The van der Waals surface area contributed by atoms with Gasteiger partial charge in [-0.15, -0.1) is 0 Å². The normalized spacial score (nSPS) is 13.1. The molecule has 0 aromatic rings. The fourth-order valence-corrected chi connectivity index (χ4v) is 4.34. The highest BCUT2D eigenvalue weighted by Gasteiger charge is 2.27. The van der Waals surface area contributed by atoms with Gasteiger partial charge in [0.25, 0.3) is 8.53 Å². The van der Waals surface area contributed by atoms with E-state index in [1.54, 1.807) is 0 Å². The topological polar surface area (TPSA) is 64.4 Å². The van der Waals surface area contributed by atoms with Crippen molar-refractivity contribution >= 4 is 14.5 Å². The molecule has 1 unspecified atom stereocenters. The molecule has 0 amide bonds. The van der Waals surface area contributed by atoms with Gasteiger partial charge in [-0.05, 0) is 67.9 Å². The van der Waals surface area contributed by atoms with Gasteiger partial charge in [-0.3, -0.25) is 4.79 Å². The van der Waals surface area contributed by atoms with Crippen molar-refractivity contribution in [2.45, 2.75) is 91.8 Å². The first-order valence-electron chi connectivity index (χ1n) is 10.7. The Balaban J connectivity index is 4.00. The van der Waals surface area contributed by atoms with E-state index in [-0.39, 0.29) is 12.5 Å². The van der Waals surface area contributed by atoms with E-state index in [1.165, 1.54) is 0 Å². The van der Waals surface area contributed by atoms with Crippen LogP contribution in [-0.4, -0.2) is 61.2 Å². The summed E-state index contributed by atoms with van der Waals surface area (Å²) in [6.45, 7) is 23.6. The van der Waals surface area contributed by atoms with Crippen LogP contribution in [0.2, 0.25) is 0 Å². The SMILES string of the molecule is [C-]#[N+]CCOP(OCCCCCCNCC(=O)OC(C)(C)C)N(C(C)C)C(C)C. The molecule has 0 saturated heterocycles. The van der Waals surface area contributed by atoms with Gasteiger partial charge in [0.05, 0.1) is 13.2 Å². The second-order valence-electron chi connectivity index (χ2n) is 8.53. The number of nitrogens with one attached hydrogen (secondary N) is 1.